The predicted molar refractivity (Wildman–Crippen MR) is 133 cm³/mol. The zero-order chi connectivity index (χ0) is 22.3. The molecule has 4 rings (SSSR count). The molecule has 2 fully saturated rings. The molecule has 178 valence electrons. The fraction of sp³-hybridized carbons (Fsp3) is 0.462. The summed E-state index contributed by atoms with van der Waals surface area (Å²) in [4.78, 5) is 31.2. The molecule has 0 aromatic heterocycles. The summed E-state index contributed by atoms with van der Waals surface area (Å²) in [6.07, 6.45) is 3.53. The summed E-state index contributed by atoms with van der Waals surface area (Å²) in [6, 6.07) is 19.9. The van der Waals surface area contributed by atoms with Crippen LogP contribution >= 0.6 is 12.4 Å². The predicted octanol–water partition coefficient (Wildman–Crippen LogP) is 3.85. The number of hydrogen-bond donors (Lipinski definition) is 0. The van der Waals surface area contributed by atoms with Crippen LogP contribution in [0.25, 0.3) is 0 Å². The maximum absolute atomic E-state index is 13.3. The number of anilines is 1. The summed E-state index contributed by atoms with van der Waals surface area (Å²) < 4.78 is 6.10. The second kappa shape index (κ2) is 12.1. The Labute approximate surface area is 202 Å². The zero-order valence-electron chi connectivity index (χ0n) is 19.3. The van der Waals surface area contributed by atoms with Crippen LogP contribution in [0.3, 0.4) is 0 Å². The van der Waals surface area contributed by atoms with Crippen LogP contribution in [-0.4, -0.2) is 67.5 Å². The van der Waals surface area contributed by atoms with Gasteiger partial charge in [0, 0.05) is 45.3 Å². The first-order chi connectivity index (χ1) is 15.6. The minimum Gasteiger partial charge on any atom is -0.490 e. The second-order valence-corrected chi connectivity index (χ2v) is 8.83. The van der Waals surface area contributed by atoms with Crippen LogP contribution in [0.15, 0.2) is 60.7 Å². The van der Waals surface area contributed by atoms with Crippen LogP contribution in [0.1, 0.15) is 25.7 Å². The van der Waals surface area contributed by atoms with Gasteiger partial charge in [0.05, 0.1) is 5.92 Å². The third kappa shape index (κ3) is 6.71. The number of rotatable bonds is 8. The standard InChI is InChI=1S/C26H33N3O3.ClH/c1-27-20-21(19-25(27)30)26(31)29(22-9-4-2-5-10-22)16-8-15-28-17-13-24(14-18-28)32-23-11-6-3-7-12-23;/h2-7,9-12,21,24H,8,13-20H2,1H3;1H. The van der Waals surface area contributed by atoms with Gasteiger partial charge in [0.25, 0.3) is 0 Å². The second-order valence-electron chi connectivity index (χ2n) is 8.83. The van der Waals surface area contributed by atoms with E-state index in [4.69, 9.17) is 4.74 Å². The molecule has 1 unspecified atom stereocenters. The van der Waals surface area contributed by atoms with Gasteiger partial charge < -0.3 is 19.4 Å². The average molecular weight is 472 g/mol. The normalized spacial score (nSPS) is 19.2. The molecule has 2 saturated heterocycles. The van der Waals surface area contributed by atoms with Crippen molar-refractivity contribution in [3.63, 3.8) is 0 Å². The summed E-state index contributed by atoms with van der Waals surface area (Å²) in [7, 11) is 1.77. The van der Waals surface area contributed by atoms with Crippen LogP contribution in [0, 0.1) is 5.92 Å². The first-order valence-electron chi connectivity index (χ1n) is 11.6. The first-order valence-corrected chi connectivity index (χ1v) is 11.6. The molecule has 0 N–H and O–H groups in total. The molecule has 2 heterocycles. The number of carbonyl (C=O) groups is 2. The zero-order valence-corrected chi connectivity index (χ0v) is 20.1. The molecule has 2 amide bonds. The van der Waals surface area contributed by atoms with E-state index in [2.05, 4.69) is 4.90 Å². The first kappa shape index (κ1) is 25.1. The number of hydrogen-bond acceptors (Lipinski definition) is 4. The van der Waals surface area contributed by atoms with E-state index < -0.39 is 0 Å². The third-order valence-corrected chi connectivity index (χ3v) is 6.46. The van der Waals surface area contributed by atoms with Gasteiger partial charge in [0.15, 0.2) is 0 Å². The molecule has 0 radical (unpaired) electrons. The van der Waals surface area contributed by atoms with Gasteiger partial charge in [-0.3, -0.25) is 9.59 Å². The van der Waals surface area contributed by atoms with Crippen molar-refractivity contribution < 1.29 is 14.3 Å². The van der Waals surface area contributed by atoms with E-state index in [0.717, 1.165) is 50.3 Å². The molecule has 0 aliphatic carbocycles. The number of nitrogens with zero attached hydrogens (tertiary/aromatic N) is 3. The van der Waals surface area contributed by atoms with Gasteiger partial charge in [-0.1, -0.05) is 36.4 Å². The summed E-state index contributed by atoms with van der Waals surface area (Å²) in [5.74, 6) is 0.804. The van der Waals surface area contributed by atoms with Crippen LogP contribution < -0.4 is 9.64 Å². The Kier molecular flexibility index (Phi) is 9.15. The molecule has 7 heteroatoms. The largest absolute Gasteiger partial charge is 0.490 e. The number of piperidine rings is 1. The number of ether oxygens (including phenoxy) is 1. The quantitative estimate of drug-likeness (QED) is 0.586. The third-order valence-electron chi connectivity index (χ3n) is 6.46. The number of likely N-dealkylation sites (tertiary alicyclic amines) is 2. The highest BCUT2D eigenvalue weighted by atomic mass is 35.5. The minimum absolute atomic E-state index is 0. The van der Waals surface area contributed by atoms with Crippen molar-refractivity contribution in [1.29, 1.82) is 0 Å². The van der Waals surface area contributed by atoms with Crippen molar-refractivity contribution in [3.05, 3.63) is 60.7 Å². The molecule has 33 heavy (non-hydrogen) atoms. The number of carbonyl (C=O) groups excluding carboxylic acids is 2. The number of para-hydroxylation sites is 2. The van der Waals surface area contributed by atoms with E-state index in [1.165, 1.54) is 0 Å². The molecule has 0 bridgehead atoms. The molecule has 2 aromatic carbocycles. The van der Waals surface area contributed by atoms with Gasteiger partial charge in [0.1, 0.15) is 11.9 Å². The Bertz CT molecular complexity index is 888. The van der Waals surface area contributed by atoms with E-state index in [9.17, 15) is 9.59 Å². The van der Waals surface area contributed by atoms with E-state index in [1.54, 1.807) is 11.9 Å². The van der Waals surface area contributed by atoms with Crippen molar-refractivity contribution in [1.82, 2.24) is 9.80 Å². The van der Waals surface area contributed by atoms with Crippen molar-refractivity contribution in [2.24, 2.45) is 5.92 Å². The smallest absolute Gasteiger partial charge is 0.232 e. The molecule has 2 aromatic rings. The van der Waals surface area contributed by atoms with Gasteiger partial charge in [-0.2, -0.15) is 0 Å². The monoisotopic (exact) mass is 471 g/mol. The van der Waals surface area contributed by atoms with E-state index >= 15 is 0 Å². The lowest BCUT2D eigenvalue weighted by molar-refractivity contribution is -0.127. The van der Waals surface area contributed by atoms with Crippen molar-refractivity contribution in [2.75, 3.05) is 44.7 Å². The van der Waals surface area contributed by atoms with Crippen LogP contribution in [0.5, 0.6) is 5.75 Å². The SMILES string of the molecule is CN1CC(C(=O)N(CCCN2CCC(Oc3ccccc3)CC2)c2ccccc2)CC1=O.Cl. The summed E-state index contributed by atoms with van der Waals surface area (Å²) in [5.41, 5.74) is 0.912. The van der Waals surface area contributed by atoms with Gasteiger partial charge in [-0.05, 0) is 50.1 Å². The van der Waals surface area contributed by atoms with Crippen LogP contribution in [-0.2, 0) is 9.59 Å². The maximum atomic E-state index is 13.3. The molecular formula is C26H34ClN3O3. The Morgan fingerprint density at radius 3 is 2.27 bits per heavy atom. The lowest BCUT2D eigenvalue weighted by Crippen LogP contribution is -2.41. The molecule has 2 aliphatic heterocycles. The molecule has 0 saturated carbocycles. The molecule has 6 nitrogen and oxygen atoms in total. The Hall–Kier alpha value is -2.57. The van der Waals surface area contributed by atoms with E-state index in [1.807, 2.05) is 65.6 Å². The number of halogens is 1. The lowest BCUT2D eigenvalue weighted by atomic mass is 10.1. The number of benzene rings is 2. The van der Waals surface area contributed by atoms with Gasteiger partial charge >= 0.3 is 0 Å². The summed E-state index contributed by atoms with van der Waals surface area (Å²) in [6.45, 7) is 4.16. The Balaban J connectivity index is 0.00000306. The van der Waals surface area contributed by atoms with Crippen molar-refractivity contribution in [3.8, 4) is 5.75 Å². The molecule has 2 aliphatic rings. The van der Waals surface area contributed by atoms with Gasteiger partial charge in [-0.25, -0.2) is 0 Å². The summed E-state index contributed by atoms with van der Waals surface area (Å²) in [5, 5.41) is 0. The highest BCUT2D eigenvalue weighted by Gasteiger charge is 2.35. The fourth-order valence-electron chi connectivity index (χ4n) is 4.62. The van der Waals surface area contributed by atoms with E-state index in [0.29, 0.717) is 19.5 Å². The van der Waals surface area contributed by atoms with Crippen LogP contribution in [0.2, 0.25) is 0 Å². The Morgan fingerprint density at radius 1 is 1.03 bits per heavy atom. The summed E-state index contributed by atoms with van der Waals surface area (Å²) >= 11 is 0. The van der Waals surface area contributed by atoms with Crippen molar-refractivity contribution >= 4 is 29.9 Å². The highest BCUT2D eigenvalue weighted by Crippen LogP contribution is 2.24. The molecule has 0 spiro atoms. The average Bonchev–Trinajstić information content (AvgIpc) is 3.17. The minimum atomic E-state index is -0.251. The molecular weight excluding hydrogens is 438 g/mol. The maximum Gasteiger partial charge on any atom is 0.232 e. The van der Waals surface area contributed by atoms with Crippen LogP contribution in [0.4, 0.5) is 5.69 Å². The van der Waals surface area contributed by atoms with E-state index in [-0.39, 0.29) is 36.2 Å². The van der Waals surface area contributed by atoms with Gasteiger partial charge in [-0.15, -0.1) is 12.4 Å². The van der Waals surface area contributed by atoms with Gasteiger partial charge in [0.2, 0.25) is 11.8 Å². The van der Waals surface area contributed by atoms with Crippen molar-refractivity contribution in [2.45, 2.75) is 31.8 Å². The Morgan fingerprint density at radius 2 is 1.67 bits per heavy atom. The fourth-order valence-corrected chi connectivity index (χ4v) is 4.62. The molecule has 1 atom stereocenters. The highest BCUT2D eigenvalue weighted by molar-refractivity contribution is 5.98. The lowest BCUT2D eigenvalue weighted by Gasteiger charge is -2.33. The number of amides is 2. The topological polar surface area (TPSA) is 53.1 Å².